The fourth-order valence-corrected chi connectivity index (χ4v) is 1.91. The lowest BCUT2D eigenvalue weighted by Gasteiger charge is -2.20. The molecule has 1 aliphatic rings. The van der Waals surface area contributed by atoms with Crippen LogP contribution in [0.4, 0.5) is 0 Å². The van der Waals surface area contributed by atoms with Crippen molar-refractivity contribution in [1.29, 1.82) is 0 Å². The van der Waals surface area contributed by atoms with Crippen LogP contribution in [0.15, 0.2) is 12.3 Å². The maximum absolute atomic E-state index is 5.41. The van der Waals surface area contributed by atoms with Crippen LogP contribution in [-0.4, -0.2) is 18.7 Å². The average Bonchev–Trinajstić information content (AvgIpc) is 2.47. The topological polar surface area (TPSA) is 33.3 Å². The Morgan fingerprint density at radius 3 is 2.62 bits per heavy atom. The van der Waals surface area contributed by atoms with Crippen LogP contribution in [0.1, 0.15) is 27.2 Å². The molecule has 3 heteroatoms. The maximum atomic E-state index is 5.41. The predicted molar refractivity (Wildman–Crippen MR) is 54.1 cm³/mol. The molecule has 2 N–H and O–H groups in total. The number of rotatable bonds is 4. The summed E-state index contributed by atoms with van der Waals surface area (Å²) in [5.74, 6) is 1.44. The minimum absolute atomic E-state index is 0.264. The van der Waals surface area contributed by atoms with Gasteiger partial charge in [0.2, 0.25) is 0 Å². The molecule has 76 valence electrons. The van der Waals surface area contributed by atoms with Gasteiger partial charge in [-0.2, -0.15) is 0 Å². The van der Waals surface area contributed by atoms with Crippen LogP contribution in [-0.2, 0) is 4.74 Å². The summed E-state index contributed by atoms with van der Waals surface area (Å²) in [6, 6.07) is 0.757. The minimum Gasteiger partial charge on any atom is -0.497 e. The number of hydrogen-bond acceptors (Lipinski definition) is 3. The third kappa shape index (κ3) is 2.23. The fraction of sp³-hybridized carbons (Fsp3) is 0.800. The van der Waals surface area contributed by atoms with E-state index in [-0.39, 0.29) is 6.04 Å². The van der Waals surface area contributed by atoms with Crippen molar-refractivity contribution >= 4 is 0 Å². The zero-order valence-corrected chi connectivity index (χ0v) is 8.76. The number of ether oxygens (including phenoxy) is 1. The van der Waals surface area contributed by atoms with E-state index in [9.17, 15) is 0 Å². The lowest BCUT2D eigenvalue weighted by atomic mass is 9.92. The normalized spacial score (nSPS) is 33.3. The third-order valence-corrected chi connectivity index (χ3v) is 2.68. The zero-order valence-electron chi connectivity index (χ0n) is 8.76. The summed E-state index contributed by atoms with van der Waals surface area (Å²) in [5, 5.41) is 0. The zero-order chi connectivity index (χ0) is 9.84. The Hall–Kier alpha value is -0.540. The van der Waals surface area contributed by atoms with Gasteiger partial charge in [-0.25, -0.2) is 5.43 Å². The number of hydrogen-bond donors (Lipinski definition) is 2. The van der Waals surface area contributed by atoms with E-state index >= 15 is 0 Å². The van der Waals surface area contributed by atoms with Crippen molar-refractivity contribution in [2.24, 2.45) is 5.92 Å². The molecule has 1 heterocycles. The van der Waals surface area contributed by atoms with Gasteiger partial charge in [-0.3, -0.25) is 5.43 Å². The van der Waals surface area contributed by atoms with Crippen molar-refractivity contribution in [3.05, 3.63) is 12.3 Å². The molecule has 0 aromatic heterocycles. The predicted octanol–water partition coefficient (Wildman–Crippen LogP) is 1.43. The molecule has 0 saturated carbocycles. The van der Waals surface area contributed by atoms with E-state index < -0.39 is 0 Å². The highest BCUT2D eigenvalue weighted by molar-refractivity contribution is 5.05. The van der Waals surface area contributed by atoms with E-state index in [2.05, 4.69) is 31.3 Å². The molecule has 1 rings (SSSR count). The smallest absolute Gasteiger partial charge is 0.107 e. The Balaban J connectivity index is 2.54. The summed E-state index contributed by atoms with van der Waals surface area (Å²) < 4.78 is 5.41. The molecule has 3 atom stereocenters. The highest BCUT2D eigenvalue weighted by atomic mass is 16.5. The van der Waals surface area contributed by atoms with Gasteiger partial charge in [0.25, 0.3) is 0 Å². The van der Waals surface area contributed by atoms with Gasteiger partial charge >= 0.3 is 0 Å². The first-order valence-corrected chi connectivity index (χ1v) is 5.03. The molecule has 3 unspecified atom stereocenters. The van der Waals surface area contributed by atoms with E-state index in [0.717, 1.165) is 12.2 Å². The Labute approximate surface area is 80.5 Å². The van der Waals surface area contributed by atoms with Crippen LogP contribution >= 0.6 is 0 Å². The first kappa shape index (κ1) is 10.5. The lowest BCUT2D eigenvalue weighted by molar-refractivity contribution is 0.190. The largest absolute Gasteiger partial charge is 0.497 e. The first-order valence-electron chi connectivity index (χ1n) is 5.03. The fourth-order valence-electron chi connectivity index (χ4n) is 1.91. The summed E-state index contributed by atoms with van der Waals surface area (Å²) in [5.41, 5.74) is 6.44. The summed E-state index contributed by atoms with van der Waals surface area (Å²) in [6.45, 7) is 11.0. The quantitative estimate of drug-likeness (QED) is 0.648. The monoisotopic (exact) mass is 184 g/mol. The molecular weight excluding hydrogens is 164 g/mol. The van der Waals surface area contributed by atoms with Gasteiger partial charge in [-0.1, -0.05) is 13.5 Å². The van der Waals surface area contributed by atoms with Crippen LogP contribution in [0.25, 0.3) is 0 Å². The molecule has 13 heavy (non-hydrogen) atoms. The molecule has 0 spiro atoms. The molecule has 0 aliphatic carbocycles. The SMILES string of the molecule is C=C(OCC)C1NNC(C)C1CC. The molecule has 1 aliphatic heterocycles. The minimum atomic E-state index is 0.264. The van der Waals surface area contributed by atoms with Crippen molar-refractivity contribution in [3.63, 3.8) is 0 Å². The molecule has 0 aromatic carbocycles. The first-order chi connectivity index (χ1) is 6.20. The summed E-state index contributed by atoms with van der Waals surface area (Å²) in [6.07, 6.45) is 1.14. The second-order valence-corrected chi connectivity index (χ2v) is 3.53. The van der Waals surface area contributed by atoms with Gasteiger partial charge < -0.3 is 4.74 Å². The molecule has 1 saturated heterocycles. The highest BCUT2D eigenvalue weighted by Crippen LogP contribution is 2.23. The van der Waals surface area contributed by atoms with E-state index in [4.69, 9.17) is 4.74 Å². The van der Waals surface area contributed by atoms with E-state index in [1.54, 1.807) is 0 Å². The molecule has 1 fully saturated rings. The van der Waals surface area contributed by atoms with Crippen LogP contribution < -0.4 is 10.9 Å². The summed E-state index contributed by atoms with van der Waals surface area (Å²) in [7, 11) is 0. The number of nitrogens with one attached hydrogen (secondary N) is 2. The highest BCUT2D eigenvalue weighted by Gasteiger charge is 2.33. The van der Waals surface area contributed by atoms with E-state index in [1.807, 2.05) is 6.92 Å². The molecule has 0 bridgehead atoms. The summed E-state index contributed by atoms with van der Waals surface area (Å²) in [4.78, 5) is 0. The van der Waals surface area contributed by atoms with Crippen molar-refractivity contribution in [1.82, 2.24) is 10.9 Å². The Morgan fingerprint density at radius 1 is 1.38 bits per heavy atom. The van der Waals surface area contributed by atoms with Gasteiger partial charge in [0, 0.05) is 6.04 Å². The maximum Gasteiger partial charge on any atom is 0.107 e. The van der Waals surface area contributed by atoms with Crippen LogP contribution in [0.3, 0.4) is 0 Å². The molecule has 0 radical (unpaired) electrons. The number of hydrazine groups is 1. The third-order valence-electron chi connectivity index (χ3n) is 2.68. The van der Waals surface area contributed by atoms with Crippen molar-refractivity contribution in [2.75, 3.05) is 6.61 Å². The van der Waals surface area contributed by atoms with Gasteiger partial charge in [0.1, 0.15) is 5.76 Å². The lowest BCUT2D eigenvalue weighted by Crippen LogP contribution is -2.34. The van der Waals surface area contributed by atoms with Gasteiger partial charge in [-0.15, -0.1) is 0 Å². The van der Waals surface area contributed by atoms with Crippen molar-refractivity contribution in [2.45, 2.75) is 39.3 Å². The van der Waals surface area contributed by atoms with Gasteiger partial charge in [0.05, 0.1) is 12.6 Å². The molecular formula is C10H20N2O. The summed E-state index contributed by atoms with van der Waals surface area (Å²) >= 11 is 0. The van der Waals surface area contributed by atoms with Crippen molar-refractivity contribution < 1.29 is 4.74 Å². The molecule has 0 amide bonds. The molecule has 3 nitrogen and oxygen atoms in total. The van der Waals surface area contributed by atoms with Crippen LogP contribution in [0, 0.1) is 5.92 Å². The van der Waals surface area contributed by atoms with Gasteiger partial charge in [0.15, 0.2) is 0 Å². The second kappa shape index (κ2) is 4.63. The molecule has 0 aromatic rings. The van der Waals surface area contributed by atoms with E-state index in [0.29, 0.717) is 18.6 Å². The Kier molecular flexibility index (Phi) is 3.75. The Bertz CT molecular complexity index is 182. The standard InChI is InChI=1S/C10H20N2O/c1-5-9-7(3)11-12-10(9)8(4)13-6-2/h7,9-12H,4-6H2,1-3H3. The van der Waals surface area contributed by atoms with E-state index in [1.165, 1.54) is 0 Å². The van der Waals surface area contributed by atoms with Gasteiger partial charge in [-0.05, 0) is 26.2 Å². The second-order valence-electron chi connectivity index (χ2n) is 3.53. The average molecular weight is 184 g/mol. The Morgan fingerprint density at radius 2 is 2.08 bits per heavy atom. The van der Waals surface area contributed by atoms with Crippen LogP contribution in [0.5, 0.6) is 0 Å². The van der Waals surface area contributed by atoms with Crippen LogP contribution in [0.2, 0.25) is 0 Å². The van der Waals surface area contributed by atoms with Crippen molar-refractivity contribution in [3.8, 4) is 0 Å².